The second-order valence-electron chi connectivity index (χ2n) is 3.82. The second-order valence-corrected chi connectivity index (χ2v) is 4.21. The predicted molar refractivity (Wildman–Crippen MR) is 67.9 cm³/mol. The molecule has 0 bridgehead atoms. The highest BCUT2D eigenvalue weighted by Gasteiger charge is 2.08. The molecular weight excluding hydrogens is 274 g/mol. The summed E-state index contributed by atoms with van der Waals surface area (Å²) in [6.45, 7) is 0. The number of carbonyl (C=O) groups excluding carboxylic acids is 1. The minimum Gasteiger partial charge on any atom is -0.310 e. The van der Waals surface area contributed by atoms with Crippen molar-refractivity contribution in [3.8, 4) is 0 Å². The molecule has 98 valence electrons. The molecular formula is C13H9ClF2N2O. The molecule has 1 aromatic carbocycles. The number of pyridine rings is 1. The third-order valence-electron chi connectivity index (χ3n) is 2.33. The van der Waals surface area contributed by atoms with Crippen molar-refractivity contribution in [1.29, 1.82) is 0 Å². The number of benzene rings is 1. The van der Waals surface area contributed by atoms with E-state index < -0.39 is 11.6 Å². The van der Waals surface area contributed by atoms with E-state index in [-0.39, 0.29) is 17.5 Å². The van der Waals surface area contributed by atoms with Gasteiger partial charge in [0.25, 0.3) is 0 Å². The van der Waals surface area contributed by atoms with Crippen molar-refractivity contribution in [3.63, 3.8) is 0 Å². The zero-order valence-electron chi connectivity index (χ0n) is 9.66. The molecule has 1 aromatic heterocycles. The molecule has 0 aliphatic carbocycles. The summed E-state index contributed by atoms with van der Waals surface area (Å²) >= 11 is 5.67. The van der Waals surface area contributed by atoms with Crippen LogP contribution in [-0.4, -0.2) is 10.9 Å². The zero-order valence-corrected chi connectivity index (χ0v) is 10.4. The number of nitrogens with one attached hydrogen (secondary N) is 1. The molecule has 1 amide bonds. The average molecular weight is 283 g/mol. The molecule has 6 heteroatoms. The fourth-order valence-corrected chi connectivity index (χ4v) is 1.66. The average Bonchev–Trinajstić information content (AvgIpc) is 2.34. The molecule has 0 spiro atoms. The lowest BCUT2D eigenvalue weighted by Crippen LogP contribution is -2.15. The van der Waals surface area contributed by atoms with Gasteiger partial charge in [0.1, 0.15) is 11.0 Å². The number of rotatable bonds is 3. The number of hydrogen-bond acceptors (Lipinski definition) is 2. The van der Waals surface area contributed by atoms with Gasteiger partial charge in [-0.2, -0.15) is 0 Å². The fraction of sp³-hybridized carbons (Fsp3) is 0.0769. The van der Waals surface area contributed by atoms with Gasteiger partial charge < -0.3 is 5.32 Å². The standard InChI is InChI=1S/C13H9ClF2N2O/c14-11-2-1-3-12(17-11)18-13(19)7-8-4-5-9(15)10(16)6-8/h1-6H,7H2,(H,17,18,19). The Labute approximate surface area is 113 Å². The van der Waals surface area contributed by atoms with Crippen molar-refractivity contribution in [1.82, 2.24) is 4.98 Å². The molecule has 0 aliphatic rings. The van der Waals surface area contributed by atoms with Gasteiger partial charge in [-0.3, -0.25) is 4.79 Å². The van der Waals surface area contributed by atoms with E-state index in [0.29, 0.717) is 11.4 Å². The molecule has 19 heavy (non-hydrogen) atoms. The van der Waals surface area contributed by atoms with E-state index in [1.54, 1.807) is 18.2 Å². The highest BCUT2D eigenvalue weighted by Crippen LogP contribution is 2.12. The number of halogens is 3. The van der Waals surface area contributed by atoms with E-state index in [1.165, 1.54) is 6.07 Å². The van der Waals surface area contributed by atoms with Crippen LogP contribution in [0.1, 0.15) is 5.56 Å². The maximum absolute atomic E-state index is 13.0. The minimum atomic E-state index is -0.980. The number of hydrogen-bond donors (Lipinski definition) is 1. The molecule has 2 rings (SSSR count). The Hall–Kier alpha value is -2.01. The van der Waals surface area contributed by atoms with Crippen LogP contribution in [0.25, 0.3) is 0 Å². The van der Waals surface area contributed by atoms with Crippen LogP contribution >= 0.6 is 11.6 Å². The van der Waals surface area contributed by atoms with Gasteiger partial charge in [0.2, 0.25) is 5.91 Å². The van der Waals surface area contributed by atoms with Gasteiger partial charge in [-0.25, -0.2) is 13.8 Å². The Morgan fingerprint density at radius 2 is 2.00 bits per heavy atom. The third-order valence-corrected chi connectivity index (χ3v) is 2.54. The maximum Gasteiger partial charge on any atom is 0.229 e. The van der Waals surface area contributed by atoms with E-state index in [1.807, 2.05) is 0 Å². The highest BCUT2D eigenvalue weighted by molar-refractivity contribution is 6.29. The Balaban J connectivity index is 2.03. The lowest BCUT2D eigenvalue weighted by atomic mass is 10.1. The predicted octanol–water partition coefficient (Wildman–Crippen LogP) is 3.19. The maximum atomic E-state index is 13.0. The molecule has 1 heterocycles. The van der Waals surface area contributed by atoms with E-state index in [4.69, 9.17) is 11.6 Å². The number of nitrogens with zero attached hydrogens (tertiary/aromatic N) is 1. The van der Waals surface area contributed by atoms with Gasteiger partial charge in [0.15, 0.2) is 11.6 Å². The van der Waals surface area contributed by atoms with Crippen molar-refractivity contribution in [3.05, 3.63) is 58.7 Å². The zero-order chi connectivity index (χ0) is 13.8. The third kappa shape index (κ3) is 3.72. The van der Waals surface area contributed by atoms with Crippen molar-refractivity contribution in [2.75, 3.05) is 5.32 Å². The van der Waals surface area contributed by atoms with Crippen molar-refractivity contribution in [2.24, 2.45) is 0 Å². The van der Waals surface area contributed by atoms with Gasteiger partial charge in [-0.1, -0.05) is 23.7 Å². The molecule has 0 saturated carbocycles. The molecule has 0 atom stereocenters. The summed E-state index contributed by atoms with van der Waals surface area (Å²) in [5.74, 6) is -2.01. The highest BCUT2D eigenvalue weighted by atomic mass is 35.5. The lowest BCUT2D eigenvalue weighted by Gasteiger charge is -2.05. The number of aromatic nitrogens is 1. The van der Waals surface area contributed by atoms with Crippen LogP contribution in [0.4, 0.5) is 14.6 Å². The smallest absolute Gasteiger partial charge is 0.229 e. The summed E-state index contributed by atoms with van der Waals surface area (Å²) < 4.78 is 25.7. The van der Waals surface area contributed by atoms with Crippen molar-refractivity contribution in [2.45, 2.75) is 6.42 Å². The fourth-order valence-electron chi connectivity index (χ4n) is 1.50. The van der Waals surface area contributed by atoms with Crippen molar-refractivity contribution >= 4 is 23.3 Å². The quantitative estimate of drug-likeness (QED) is 0.879. The van der Waals surface area contributed by atoms with Crippen LogP contribution in [0.5, 0.6) is 0 Å². The Bertz CT molecular complexity index is 619. The van der Waals surface area contributed by atoms with E-state index in [9.17, 15) is 13.6 Å². The van der Waals surface area contributed by atoms with Gasteiger partial charge in [0.05, 0.1) is 6.42 Å². The summed E-state index contributed by atoms with van der Waals surface area (Å²) in [5, 5.41) is 2.77. The first-order chi connectivity index (χ1) is 9.04. The second kappa shape index (κ2) is 5.75. The summed E-state index contributed by atoms with van der Waals surface area (Å²) in [4.78, 5) is 15.6. The molecule has 0 saturated heterocycles. The summed E-state index contributed by atoms with van der Waals surface area (Å²) in [6.07, 6.45) is -0.0780. The van der Waals surface area contributed by atoms with Crippen LogP contribution < -0.4 is 5.32 Å². The number of amides is 1. The van der Waals surface area contributed by atoms with Crippen LogP contribution in [-0.2, 0) is 11.2 Å². The van der Waals surface area contributed by atoms with Gasteiger partial charge in [-0.05, 0) is 29.8 Å². The first-order valence-electron chi connectivity index (χ1n) is 5.41. The monoisotopic (exact) mass is 282 g/mol. The van der Waals surface area contributed by atoms with E-state index in [0.717, 1.165) is 12.1 Å². The van der Waals surface area contributed by atoms with E-state index in [2.05, 4.69) is 10.3 Å². The molecule has 3 nitrogen and oxygen atoms in total. The molecule has 2 aromatic rings. The summed E-state index contributed by atoms with van der Waals surface area (Å²) in [5.41, 5.74) is 0.374. The van der Waals surface area contributed by atoms with E-state index >= 15 is 0 Å². The Morgan fingerprint density at radius 1 is 1.21 bits per heavy atom. The normalized spacial score (nSPS) is 10.3. The number of carbonyl (C=O) groups is 1. The first kappa shape index (κ1) is 13.4. The lowest BCUT2D eigenvalue weighted by molar-refractivity contribution is -0.115. The largest absolute Gasteiger partial charge is 0.310 e. The molecule has 0 fully saturated rings. The molecule has 1 N–H and O–H groups in total. The summed E-state index contributed by atoms with van der Waals surface area (Å²) in [7, 11) is 0. The van der Waals surface area contributed by atoms with Crippen LogP contribution in [0.2, 0.25) is 5.15 Å². The molecule has 0 radical (unpaired) electrons. The minimum absolute atomic E-state index is 0.0780. The summed E-state index contributed by atoms with van der Waals surface area (Å²) in [6, 6.07) is 8.11. The van der Waals surface area contributed by atoms with Gasteiger partial charge in [-0.15, -0.1) is 0 Å². The number of anilines is 1. The van der Waals surface area contributed by atoms with Crippen molar-refractivity contribution < 1.29 is 13.6 Å². The first-order valence-corrected chi connectivity index (χ1v) is 5.79. The Morgan fingerprint density at radius 3 is 2.68 bits per heavy atom. The van der Waals surface area contributed by atoms with Crippen LogP contribution in [0, 0.1) is 11.6 Å². The molecule has 0 aliphatic heterocycles. The van der Waals surface area contributed by atoms with Crippen LogP contribution in [0.15, 0.2) is 36.4 Å². The molecule has 0 unspecified atom stereocenters. The SMILES string of the molecule is O=C(Cc1ccc(F)c(F)c1)Nc1cccc(Cl)n1. The van der Waals surface area contributed by atoms with Crippen LogP contribution in [0.3, 0.4) is 0 Å². The van der Waals surface area contributed by atoms with Gasteiger partial charge in [0, 0.05) is 0 Å². The Kier molecular flexibility index (Phi) is 4.06. The van der Waals surface area contributed by atoms with Gasteiger partial charge >= 0.3 is 0 Å². The topological polar surface area (TPSA) is 42.0 Å².